The Morgan fingerprint density at radius 3 is 2.76 bits per heavy atom. The van der Waals surface area contributed by atoms with Crippen LogP contribution in [-0.4, -0.2) is 36.9 Å². The van der Waals surface area contributed by atoms with Crippen molar-refractivity contribution in [2.75, 3.05) is 16.6 Å². The van der Waals surface area contributed by atoms with Gasteiger partial charge >= 0.3 is 10.0 Å². The smallest absolute Gasteiger partial charge is 0.382 e. The van der Waals surface area contributed by atoms with Gasteiger partial charge in [-0.25, -0.2) is 4.31 Å². The first-order chi connectivity index (χ1) is 7.84. The van der Waals surface area contributed by atoms with E-state index in [1.54, 1.807) is 0 Å². The molecule has 17 heavy (non-hydrogen) atoms. The van der Waals surface area contributed by atoms with Crippen molar-refractivity contribution in [3.8, 4) is 0 Å². The number of nitrogen functional groups attached to an aromatic ring is 1. The van der Waals surface area contributed by atoms with Crippen molar-refractivity contribution in [1.82, 2.24) is 9.78 Å². The van der Waals surface area contributed by atoms with Crippen molar-refractivity contribution < 1.29 is 18.0 Å². The van der Waals surface area contributed by atoms with Gasteiger partial charge in [0.2, 0.25) is 6.26 Å². The van der Waals surface area contributed by atoms with Crippen molar-refractivity contribution in [3.63, 3.8) is 0 Å². The van der Waals surface area contributed by atoms with E-state index < -0.39 is 21.8 Å². The highest BCUT2D eigenvalue weighted by Gasteiger charge is 2.39. The zero-order valence-electron chi connectivity index (χ0n) is 8.61. The first kappa shape index (κ1) is 11.5. The standard InChI is InChI=1S/C8H9N4O4S/c1-17(15,16)11-3-5(4-13)8(14)12-7(11)2-6(9)10-12/h2,4-5H,1,3H2,(H2,9,10)/q+1. The Kier molecular flexibility index (Phi) is 2.35. The van der Waals surface area contributed by atoms with Crippen molar-refractivity contribution in [1.29, 1.82) is 0 Å². The molecule has 0 fully saturated rings. The number of hydrogen-bond donors (Lipinski definition) is 1. The first-order valence-corrected chi connectivity index (χ1v) is 6.16. The molecule has 0 saturated heterocycles. The number of sulfonamides is 1. The third-order valence-electron chi connectivity index (χ3n) is 2.35. The van der Waals surface area contributed by atoms with Gasteiger partial charge in [-0.2, -0.15) is 13.1 Å². The number of carbonyl (C=O) groups excluding carboxylic acids is 2. The van der Waals surface area contributed by atoms with Crippen LogP contribution in [0.5, 0.6) is 0 Å². The number of aldehydes is 1. The molecule has 9 heteroatoms. The number of carbonyl (C=O) groups is 2. The maximum atomic E-state index is 11.7. The van der Waals surface area contributed by atoms with Gasteiger partial charge in [-0.1, -0.05) is 0 Å². The average molecular weight is 257 g/mol. The number of anilines is 2. The molecule has 1 aliphatic rings. The van der Waals surface area contributed by atoms with Crippen molar-refractivity contribution in [3.05, 3.63) is 12.3 Å². The summed E-state index contributed by atoms with van der Waals surface area (Å²) in [5, 5.41) is 3.65. The van der Waals surface area contributed by atoms with Crippen LogP contribution in [-0.2, 0) is 14.8 Å². The van der Waals surface area contributed by atoms with Gasteiger partial charge in [-0.15, -0.1) is 5.10 Å². The number of hydrogen-bond acceptors (Lipinski definition) is 6. The predicted molar refractivity (Wildman–Crippen MR) is 58.4 cm³/mol. The monoisotopic (exact) mass is 257 g/mol. The third-order valence-corrected chi connectivity index (χ3v) is 3.36. The summed E-state index contributed by atoms with van der Waals surface area (Å²) in [5.41, 5.74) is 5.40. The first-order valence-electron chi connectivity index (χ1n) is 4.55. The van der Waals surface area contributed by atoms with E-state index in [1.165, 1.54) is 6.07 Å². The second-order valence-corrected chi connectivity index (χ2v) is 5.17. The molecule has 0 radical (unpaired) electrons. The van der Waals surface area contributed by atoms with Crippen molar-refractivity contribution in [2.24, 2.45) is 5.92 Å². The molecule has 0 amide bonds. The fourth-order valence-electron chi connectivity index (χ4n) is 1.59. The number of nitrogens with two attached hydrogens (primary N) is 1. The van der Waals surface area contributed by atoms with Crippen LogP contribution in [0.25, 0.3) is 0 Å². The highest BCUT2D eigenvalue weighted by Crippen LogP contribution is 2.27. The zero-order chi connectivity index (χ0) is 12.8. The summed E-state index contributed by atoms with van der Waals surface area (Å²) in [6, 6.07) is 1.24. The molecule has 0 aromatic carbocycles. The Labute approximate surface area is 97.0 Å². The van der Waals surface area contributed by atoms with Crippen molar-refractivity contribution in [2.45, 2.75) is 0 Å². The highest BCUT2D eigenvalue weighted by atomic mass is 32.2. The summed E-state index contributed by atoms with van der Waals surface area (Å²) < 4.78 is 24.5. The number of nitrogens with zero attached hydrogens (tertiary/aromatic N) is 3. The van der Waals surface area contributed by atoms with E-state index in [-0.39, 0.29) is 18.2 Å². The van der Waals surface area contributed by atoms with E-state index in [0.717, 1.165) is 8.99 Å². The van der Waals surface area contributed by atoms with Gasteiger partial charge in [-0.05, 0) is 0 Å². The molecule has 90 valence electrons. The van der Waals surface area contributed by atoms with Crippen LogP contribution in [0.2, 0.25) is 0 Å². The summed E-state index contributed by atoms with van der Waals surface area (Å²) in [4.78, 5) is 22.4. The van der Waals surface area contributed by atoms with Gasteiger partial charge in [-0.3, -0.25) is 4.79 Å². The molecule has 0 saturated carbocycles. The van der Waals surface area contributed by atoms with E-state index >= 15 is 0 Å². The van der Waals surface area contributed by atoms with E-state index in [4.69, 9.17) is 5.73 Å². The zero-order valence-corrected chi connectivity index (χ0v) is 9.42. The molecule has 2 heterocycles. The fraction of sp³-hybridized carbons (Fsp3) is 0.250. The number of rotatable bonds is 2. The van der Waals surface area contributed by atoms with Gasteiger partial charge < -0.3 is 10.5 Å². The highest BCUT2D eigenvalue weighted by molar-refractivity contribution is 7.93. The van der Waals surface area contributed by atoms with Crippen LogP contribution >= 0.6 is 0 Å². The minimum atomic E-state index is -3.84. The summed E-state index contributed by atoms with van der Waals surface area (Å²) in [6.07, 6.45) is 3.36. The Bertz CT molecular complexity index is 591. The van der Waals surface area contributed by atoms with Crippen LogP contribution in [0.1, 0.15) is 4.79 Å². The fourth-order valence-corrected chi connectivity index (χ4v) is 2.40. The number of fused-ring (bicyclic) bond motifs is 1. The molecule has 0 aliphatic carbocycles. The summed E-state index contributed by atoms with van der Waals surface area (Å²) in [7, 11) is -3.84. The SMILES string of the molecule is [CH2+]S(=O)(=O)N1CC(C=O)C(=O)n2nc(N)cc21. The number of aromatic nitrogens is 2. The van der Waals surface area contributed by atoms with E-state index in [1.807, 2.05) is 0 Å². The Hall–Kier alpha value is -2.03. The van der Waals surface area contributed by atoms with E-state index in [9.17, 15) is 18.0 Å². The molecule has 1 atom stereocenters. The van der Waals surface area contributed by atoms with Gasteiger partial charge in [0.25, 0.3) is 5.91 Å². The van der Waals surface area contributed by atoms with Crippen LogP contribution < -0.4 is 10.0 Å². The molecule has 0 bridgehead atoms. The molecule has 8 nitrogen and oxygen atoms in total. The van der Waals surface area contributed by atoms with E-state index in [0.29, 0.717) is 6.29 Å². The second-order valence-electron chi connectivity index (χ2n) is 3.56. The lowest BCUT2D eigenvalue weighted by Crippen LogP contribution is -2.45. The van der Waals surface area contributed by atoms with Crippen molar-refractivity contribution >= 4 is 33.9 Å². The minimum Gasteiger partial charge on any atom is -0.382 e. The maximum absolute atomic E-state index is 11.7. The summed E-state index contributed by atoms with van der Waals surface area (Å²) >= 11 is 0. The molecule has 2 rings (SSSR count). The normalized spacial score (nSPS) is 20.1. The van der Waals surface area contributed by atoms with Crippen LogP contribution in [0.3, 0.4) is 0 Å². The second kappa shape index (κ2) is 3.48. The molecule has 0 spiro atoms. The van der Waals surface area contributed by atoms with Gasteiger partial charge in [0.15, 0.2) is 5.82 Å². The largest absolute Gasteiger partial charge is 0.386 e. The van der Waals surface area contributed by atoms with Crippen LogP contribution in [0, 0.1) is 12.2 Å². The Morgan fingerprint density at radius 1 is 1.59 bits per heavy atom. The molecule has 1 unspecified atom stereocenters. The molecule has 1 aromatic heterocycles. The summed E-state index contributed by atoms with van der Waals surface area (Å²) in [6.45, 7) is -0.278. The molecular formula is C8H9N4O4S+. The molecular weight excluding hydrogens is 248 g/mol. The van der Waals surface area contributed by atoms with Gasteiger partial charge in [0.05, 0.1) is 6.54 Å². The molecule has 1 aliphatic heterocycles. The van der Waals surface area contributed by atoms with Gasteiger partial charge in [0, 0.05) is 6.07 Å². The van der Waals surface area contributed by atoms with Gasteiger partial charge in [0.1, 0.15) is 18.0 Å². The Morgan fingerprint density at radius 2 is 2.24 bits per heavy atom. The maximum Gasteiger partial charge on any atom is 0.386 e. The topological polar surface area (TPSA) is 115 Å². The summed E-state index contributed by atoms with van der Waals surface area (Å²) in [5.74, 6) is -1.71. The van der Waals surface area contributed by atoms with E-state index in [2.05, 4.69) is 11.4 Å². The minimum absolute atomic E-state index is 0.000556. The molecule has 1 aromatic rings. The predicted octanol–water partition coefficient (Wildman–Crippen LogP) is -1.14. The van der Waals surface area contributed by atoms with Crippen LogP contribution in [0.15, 0.2) is 6.07 Å². The lowest BCUT2D eigenvalue weighted by Gasteiger charge is -2.26. The lowest BCUT2D eigenvalue weighted by molar-refractivity contribution is -0.109. The average Bonchev–Trinajstić information content (AvgIpc) is 2.59. The third kappa shape index (κ3) is 1.73. The quantitative estimate of drug-likeness (QED) is 0.407. The molecule has 2 N–H and O–H groups in total. The Balaban J connectivity index is 2.62. The lowest BCUT2D eigenvalue weighted by atomic mass is 10.1. The van der Waals surface area contributed by atoms with Crippen LogP contribution in [0.4, 0.5) is 11.6 Å².